The number of nitrogens with zero attached hydrogens (tertiary/aromatic N) is 1. The van der Waals surface area contributed by atoms with Crippen LogP contribution in [0.15, 0.2) is 30.3 Å². The minimum Gasteiger partial charge on any atom is -0.462 e. The van der Waals surface area contributed by atoms with Crippen molar-refractivity contribution in [3.8, 4) is 0 Å². The van der Waals surface area contributed by atoms with Gasteiger partial charge in [0.05, 0.1) is 5.92 Å². The Morgan fingerprint density at radius 1 is 1.20 bits per heavy atom. The first-order valence-electron chi connectivity index (χ1n) is 7.62. The van der Waals surface area contributed by atoms with Crippen LogP contribution in [0.5, 0.6) is 0 Å². The van der Waals surface area contributed by atoms with E-state index in [0.29, 0.717) is 12.1 Å². The van der Waals surface area contributed by atoms with E-state index in [2.05, 4.69) is 11.9 Å². The van der Waals surface area contributed by atoms with Crippen molar-refractivity contribution in [1.29, 1.82) is 0 Å². The van der Waals surface area contributed by atoms with E-state index < -0.39 is 0 Å². The molecule has 3 rings (SSSR count). The number of carbonyl (C=O) groups is 1. The molecule has 1 aromatic rings. The van der Waals surface area contributed by atoms with Crippen LogP contribution in [0, 0.1) is 0 Å². The highest BCUT2D eigenvalue weighted by atomic mass is 16.5. The fourth-order valence-corrected chi connectivity index (χ4v) is 3.60. The van der Waals surface area contributed by atoms with Crippen LogP contribution in [0.3, 0.4) is 0 Å². The molecule has 2 saturated heterocycles. The Bertz CT molecular complexity index is 459. The summed E-state index contributed by atoms with van der Waals surface area (Å²) in [7, 11) is 2.20. The van der Waals surface area contributed by atoms with Gasteiger partial charge in [-0.15, -0.1) is 0 Å². The highest BCUT2D eigenvalue weighted by molar-refractivity contribution is 5.77. The number of carbonyl (C=O) groups excluding carboxylic acids is 1. The van der Waals surface area contributed by atoms with Gasteiger partial charge in [-0.25, -0.2) is 0 Å². The Kier molecular flexibility index (Phi) is 3.79. The molecule has 2 aliphatic rings. The second kappa shape index (κ2) is 5.57. The van der Waals surface area contributed by atoms with Crippen molar-refractivity contribution < 1.29 is 9.53 Å². The number of benzene rings is 1. The molecule has 3 heteroatoms. The molecule has 3 unspecified atom stereocenters. The number of ether oxygens (including phenoxy) is 1. The van der Waals surface area contributed by atoms with Crippen molar-refractivity contribution in [1.82, 2.24) is 4.90 Å². The molecular weight excluding hydrogens is 250 g/mol. The Morgan fingerprint density at radius 2 is 1.80 bits per heavy atom. The van der Waals surface area contributed by atoms with Gasteiger partial charge < -0.3 is 9.64 Å². The molecule has 3 nitrogen and oxygen atoms in total. The third-order valence-corrected chi connectivity index (χ3v) is 4.99. The van der Waals surface area contributed by atoms with Crippen molar-refractivity contribution in [3.05, 3.63) is 35.9 Å². The third-order valence-electron chi connectivity index (χ3n) is 4.99. The molecule has 0 aliphatic carbocycles. The smallest absolute Gasteiger partial charge is 0.313 e. The molecule has 2 bridgehead atoms. The number of hydrogen-bond acceptors (Lipinski definition) is 3. The molecule has 108 valence electrons. The number of piperidine rings is 1. The highest BCUT2D eigenvalue weighted by Crippen LogP contribution is 2.36. The van der Waals surface area contributed by atoms with E-state index in [1.54, 1.807) is 0 Å². The summed E-state index contributed by atoms with van der Waals surface area (Å²) in [5.41, 5.74) is 1.04. The normalized spacial score (nSPS) is 31.0. The zero-order valence-electron chi connectivity index (χ0n) is 12.3. The van der Waals surface area contributed by atoms with Gasteiger partial charge in [-0.05, 0) is 45.2 Å². The highest BCUT2D eigenvalue weighted by Gasteiger charge is 2.40. The van der Waals surface area contributed by atoms with Crippen molar-refractivity contribution in [3.63, 3.8) is 0 Å². The van der Waals surface area contributed by atoms with Crippen LogP contribution in [0.25, 0.3) is 0 Å². The predicted octanol–water partition coefficient (Wildman–Crippen LogP) is 2.96. The average molecular weight is 273 g/mol. The Hall–Kier alpha value is -1.35. The summed E-state index contributed by atoms with van der Waals surface area (Å²) in [6.07, 6.45) is 4.62. The molecule has 2 fully saturated rings. The van der Waals surface area contributed by atoms with Gasteiger partial charge in [-0.1, -0.05) is 30.3 Å². The van der Waals surface area contributed by atoms with Crippen LogP contribution in [-0.4, -0.2) is 36.1 Å². The SMILES string of the molecule is CC(C(=O)OC1CC2CC[C@@H](C1)N2C)c1ccccc1. The van der Waals surface area contributed by atoms with Gasteiger partial charge in [0, 0.05) is 12.1 Å². The fraction of sp³-hybridized carbons (Fsp3) is 0.588. The van der Waals surface area contributed by atoms with E-state index in [4.69, 9.17) is 4.74 Å². The topological polar surface area (TPSA) is 29.5 Å². The molecule has 0 saturated carbocycles. The van der Waals surface area contributed by atoms with E-state index >= 15 is 0 Å². The van der Waals surface area contributed by atoms with Gasteiger partial charge in [0.1, 0.15) is 6.10 Å². The fourth-order valence-electron chi connectivity index (χ4n) is 3.60. The van der Waals surface area contributed by atoms with Gasteiger partial charge in [0.25, 0.3) is 0 Å². The second-order valence-electron chi connectivity index (χ2n) is 6.21. The number of fused-ring (bicyclic) bond motifs is 2. The van der Waals surface area contributed by atoms with Crippen molar-refractivity contribution in [2.45, 2.75) is 56.7 Å². The molecule has 4 atom stereocenters. The Morgan fingerprint density at radius 3 is 2.40 bits per heavy atom. The van der Waals surface area contributed by atoms with Crippen LogP contribution in [0.4, 0.5) is 0 Å². The van der Waals surface area contributed by atoms with E-state index in [-0.39, 0.29) is 18.0 Å². The maximum Gasteiger partial charge on any atom is 0.313 e. The van der Waals surface area contributed by atoms with Crippen molar-refractivity contribution >= 4 is 5.97 Å². The predicted molar refractivity (Wildman–Crippen MR) is 78.5 cm³/mol. The van der Waals surface area contributed by atoms with Gasteiger partial charge in [-0.2, -0.15) is 0 Å². The maximum atomic E-state index is 12.3. The van der Waals surface area contributed by atoms with Gasteiger partial charge >= 0.3 is 5.97 Å². The summed E-state index contributed by atoms with van der Waals surface area (Å²) in [5, 5.41) is 0. The summed E-state index contributed by atoms with van der Waals surface area (Å²) < 4.78 is 5.77. The standard InChI is InChI=1S/C17H23NO2/c1-12(13-6-4-3-5-7-13)17(19)20-16-10-14-8-9-15(11-16)18(14)2/h3-7,12,14-16H,8-11H2,1-2H3/t12?,14-,15?,16?/m0/s1. The van der Waals surface area contributed by atoms with E-state index in [9.17, 15) is 4.79 Å². The molecular formula is C17H23NO2. The Labute approximate surface area is 120 Å². The first kappa shape index (κ1) is 13.6. The maximum absolute atomic E-state index is 12.3. The number of rotatable bonds is 3. The molecule has 2 heterocycles. The monoisotopic (exact) mass is 273 g/mol. The zero-order chi connectivity index (χ0) is 14.1. The molecule has 0 aromatic heterocycles. The lowest BCUT2D eigenvalue weighted by molar-refractivity contribution is -0.153. The van der Waals surface area contributed by atoms with Gasteiger partial charge in [0.2, 0.25) is 0 Å². The third kappa shape index (κ3) is 2.59. The first-order valence-corrected chi connectivity index (χ1v) is 7.62. The van der Waals surface area contributed by atoms with E-state index in [1.165, 1.54) is 12.8 Å². The molecule has 0 spiro atoms. The minimum absolute atomic E-state index is 0.0786. The Balaban J connectivity index is 1.60. The first-order chi connectivity index (χ1) is 9.65. The molecule has 0 radical (unpaired) electrons. The second-order valence-corrected chi connectivity index (χ2v) is 6.21. The summed E-state index contributed by atoms with van der Waals surface area (Å²) in [6.45, 7) is 1.93. The van der Waals surface area contributed by atoms with E-state index in [1.807, 2.05) is 37.3 Å². The van der Waals surface area contributed by atoms with Crippen LogP contribution in [0.1, 0.15) is 44.1 Å². The summed E-state index contributed by atoms with van der Waals surface area (Å²) >= 11 is 0. The zero-order valence-corrected chi connectivity index (χ0v) is 12.3. The van der Waals surface area contributed by atoms with Gasteiger partial charge in [-0.3, -0.25) is 4.79 Å². The number of esters is 1. The molecule has 0 amide bonds. The summed E-state index contributed by atoms with van der Waals surface area (Å²) in [4.78, 5) is 14.8. The quantitative estimate of drug-likeness (QED) is 0.793. The van der Waals surface area contributed by atoms with Crippen LogP contribution >= 0.6 is 0 Å². The molecule has 1 aromatic carbocycles. The van der Waals surface area contributed by atoms with Gasteiger partial charge in [0.15, 0.2) is 0 Å². The van der Waals surface area contributed by atoms with Crippen LogP contribution in [-0.2, 0) is 9.53 Å². The molecule has 2 aliphatic heterocycles. The average Bonchev–Trinajstić information content (AvgIpc) is 2.69. The summed E-state index contributed by atoms with van der Waals surface area (Å²) in [5.74, 6) is -0.251. The van der Waals surface area contributed by atoms with Crippen molar-refractivity contribution in [2.75, 3.05) is 7.05 Å². The molecule has 20 heavy (non-hydrogen) atoms. The lowest BCUT2D eigenvalue weighted by Crippen LogP contribution is -2.43. The largest absolute Gasteiger partial charge is 0.462 e. The van der Waals surface area contributed by atoms with Crippen LogP contribution in [0.2, 0.25) is 0 Å². The van der Waals surface area contributed by atoms with Crippen LogP contribution < -0.4 is 0 Å². The lowest BCUT2D eigenvalue weighted by Gasteiger charge is -2.36. The van der Waals surface area contributed by atoms with Crippen molar-refractivity contribution in [2.24, 2.45) is 0 Å². The number of hydrogen-bond donors (Lipinski definition) is 0. The lowest BCUT2D eigenvalue weighted by atomic mass is 9.99. The molecule has 0 N–H and O–H groups in total. The van der Waals surface area contributed by atoms with E-state index in [0.717, 1.165) is 18.4 Å². The summed E-state index contributed by atoms with van der Waals surface area (Å²) in [6, 6.07) is 11.1. The minimum atomic E-state index is -0.173.